The van der Waals surface area contributed by atoms with Gasteiger partial charge in [0.1, 0.15) is 11.3 Å². The molecule has 0 aliphatic carbocycles. The van der Waals surface area contributed by atoms with Crippen molar-refractivity contribution in [3.8, 4) is 0 Å². The average molecular weight is 271 g/mol. The lowest BCUT2D eigenvalue weighted by Crippen LogP contribution is -2.24. The number of ether oxygens (including phenoxy) is 1. The number of nitrogens with zero attached hydrogens (tertiary/aromatic N) is 3. The Bertz CT molecular complexity index is 563. The monoisotopic (exact) mass is 271 g/mol. The number of carbonyl (C=O) groups is 1. The van der Waals surface area contributed by atoms with E-state index >= 15 is 0 Å². The van der Waals surface area contributed by atoms with Gasteiger partial charge in [0.15, 0.2) is 0 Å². The van der Waals surface area contributed by atoms with Crippen molar-refractivity contribution in [2.45, 2.75) is 26.4 Å². The molecule has 1 aromatic rings. The molecule has 0 aliphatic heterocycles. The molecular weight excluding hydrogens is 254 g/mol. The van der Waals surface area contributed by atoms with Crippen molar-refractivity contribution >= 4 is 12.0 Å². The van der Waals surface area contributed by atoms with E-state index in [1.165, 1.54) is 6.08 Å². The molecule has 0 N–H and O–H groups in total. The molecule has 0 saturated carbocycles. The van der Waals surface area contributed by atoms with Crippen LogP contribution in [0.4, 0.5) is 0 Å². The van der Waals surface area contributed by atoms with Crippen LogP contribution in [0.1, 0.15) is 26.3 Å². The van der Waals surface area contributed by atoms with E-state index in [0.717, 1.165) is 5.56 Å². The van der Waals surface area contributed by atoms with E-state index in [9.17, 15) is 4.79 Å². The van der Waals surface area contributed by atoms with Gasteiger partial charge in [-0.1, -0.05) is 47.6 Å². The van der Waals surface area contributed by atoms with Crippen LogP contribution >= 0.6 is 0 Å². The van der Waals surface area contributed by atoms with Crippen molar-refractivity contribution in [1.82, 2.24) is 0 Å². The van der Waals surface area contributed by atoms with Gasteiger partial charge in [-0.3, -0.25) is 0 Å². The quantitative estimate of drug-likeness (QED) is 0.205. The van der Waals surface area contributed by atoms with Gasteiger partial charge in [0, 0.05) is 4.91 Å². The van der Waals surface area contributed by atoms with Crippen molar-refractivity contribution in [1.29, 1.82) is 0 Å². The van der Waals surface area contributed by atoms with Crippen LogP contribution in [0.5, 0.6) is 0 Å². The van der Waals surface area contributed by atoms with Crippen molar-refractivity contribution in [3.05, 3.63) is 64.2 Å². The fraction of sp³-hybridized carbons (Fsp3) is 0.267. The van der Waals surface area contributed by atoms with Crippen LogP contribution < -0.4 is 0 Å². The second kappa shape index (κ2) is 7.16. The van der Waals surface area contributed by atoms with Gasteiger partial charge in [0.25, 0.3) is 0 Å². The predicted molar refractivity (Wildman–Crippen MR) is 78.6 cm³/mol. The third-order valence-corrected chi connectivity index (χ3v) is 2.10. The maximum atomic E-state index is 11.8. The molecule has 0 aliphatic rings. The van der Waals surface area contributed by atoms with Gasteiger partial charge in [0.2, 0.25) is 0 Å². The zero-order valence-corrected chi connectivity index (χ0v) is 11.8. The topological polar surface area (TPSA) is 75.1 Å². The summed E-state index contributed by atoms with van der Waals surface area (Å²) in [5.74, 6) is -0.645. The highest BCUT2D eigenvalue weighted by molar-refractivity contribution is 5.88. The molecule has 5 heteroatoms. The molecule has 0 spiro atoms. The molecule has 104 valence electrons. The van der Waals surface area contributed by atoms with E-state index in [4.69, 9.17) is 10.3 Å². The summed E-state index contributed by atoms with van der Waals surface area (Å²) in [5.41, 5.74) is 8.76. The molecule has 0 aromatic heterocycles. The molecule has 0 fully saturated rings. The van der Waals surface area contributed by atoms with Gasteiger partial charge in [-0.2, -0.15) is 0 Å². The van der Waals surface area contributed by atoms with Gasteiger partial charge < -0.3 is 4.74 Å². The smallest absolute Gasteiger partial charge is 0.341 e. The lowest BCUT2D eigenvalue weighted by Gasteiger charge is -2.19. The second-order valence-corrected chi connectivity index (χ2v) is 5.01. The van der Waals surface area contributed by atoms with Crippen LogP contribution in [-0.2, 0) is 9.53 Å². The van der Waals surface area contributed by atoms with Crippen molar-refractivity contribution in [3.63, 3.8) is 0 Å². The SMILES string of the molecule is CC(C)(C)OC(=O)/C(=C/C=C/c1ccccc1)N=[N+]=[N-]. The lowest BCUT2D eigenvalue weighted by molar-refractivity contribution is -0.149. The summed E-state index contributed by atoms with van der Waals surface area (Å²) in [4.78, 5) is 14.4. The molecular formula is C15H17N3O2. The molecule has 1 rings (SSSR count). The van der Waals surface area contributed by atoms with Gasteiger partial charge in [-0.15, -0.1) is 0 Å². The minimum atomic E-state index is -0.645. The molecule has 1 aromatic carbocycles. The fourth-order valence-corrected chi connectivity index (χ4v) is 1.34. The standard InChI is InChI=1S/C15H17N3O2/c1-15(2,3)20-14(19)13(17-18-16)11-7-10-12-8-5-4-6-9-12/h4-11H,1-3H3/b10-7+,13-11-. The summed E-state index contributed by atoms with van der Waals surface area (Å²) in [6.07, 6.45) is 4.88. The molecule has 0 radical (unpaired) electrons. The number of benzene rings is 1. The lowest BCUT2D eigenvalue weighted by atomic mass is 10.2. The third-order valence-electron chi connectivity index (χ3n) is 2.10. The zero-order chi connectivity index (χ0) is 15.0. The normalized spacial score (nSPS) is 12.1. The highest BCUT2D eigenvalue weighted by Crippen LogP contribution is 2.12. The molecule has 5 nitrogen and oxygen atoms in total. The minimum absolute atomic E-state index is 0.0744. The molecule has 0 saturated heterocycles. The first-order valence-corrected chi connectivity index (χ1v) is 6.14. The second-order valence-electron chi connectivity index (χ2n) is 5.01. The molecule has 0 heterocycles. The maximum absolute atomic E-state index is 11.8. The Balaban J connectivity index is 2.86. The van der Waals surface area contributed by atoms with Crippen molar-refractivity contribution < 1.29 is 9.53 Å². The minimum Gasteiger partial charge on any atom is -0.456 e. The van der Waals surface area contributed by atoms with E-state index in [1.807, 2.05) is 30.3 Å². The van der Waals surface area contributed by atoms with Gasteiger partial charge in [-0.25, -0.2) is 4.79 Å². The Morgan fingerprint density at radius 3 is 2.50 bits per heavy atom. The highest BCUT2D eigenvalue weighted by atomic mass is 16.6. The number of esters is 1. The largest absolute Gasteiger partial charge is 0.456 e. The number of hydrogen-bond donors (Lipinski definition) is 0. The van der Waals surface area contributed by atoms with E-state index in [-0.39, 0.29) is 5.70 Å². The Labute approximate surface area is 118 Å². The van der Waals surface area contributed by atoms with E-state index < -0.39 is 11.6 Å². The summed E-state index contributed by atoms with van der Waals surface area (Å²) < 4.78 is 5.15. The van der Waals surface area contributed by atoms with Gasteiger partial charge >= 0.3 is 5.97 Å². The first-order chi connectivity index (χ1) is 9.42. The predicted octanol–water partition coefficient (Wildman–Crippen LogP) is 4.24. The number of allylic oxidation sites excluding steroid dienone is 2. The van der Waals surface area contributed by atoms with Crippen LogP contribution in [0.2, 0.25) is 0 Å². The van der Waals surface area contributed by atoms with Crippen LogP contribution in [-0.4, -0.2) is 11.6 Å². The number of carbonyl (C=O) groups excluding carboxylic acids is 1. The van der Waals surface area contributed by atoms with Crippen molar-refractivity contribution in [2.75, 3.05) is 0 Å². The molecule has 0 unspecified atom stereocenters. The maximum Gasteiger partial charge on any atom is 0.341 e. The Morgan fingerprint density at radius 2 is 1.95 bits per heavy atom. The summed E-state index contributed by atoms with van der Waals surface area (Å²) in [6.45, 7) is 5.25. The van der Waals surface area contributed by atoms with E-state index in [0.29, 0.717) is 0 Å². The highest BCUT2D eigenvalue weighted by Gasteiger charge is 2.18. The van der Waals surface area contributed by atoms with Crippen LogP contribution in [0.3, 0.4) is 0 Å². The van der Waals surface area contributed by atoms with Crippen LogP contribution in [0.15, 0.2) is 53.3 Å². The zero-order valence-electron chi connectivity index (χ0n) is 11.8. The third kappa shape index (κ3) is 5.89. The fourth-order valence-electron chi connectivity index (χ4n) is 1.34. The van der Waals surface area contributed by atoms with E-state index in [1.54, 1.807) is 32.9 Å². The average Bonchev–Trinajstić information content (AvgIpc) is 2.37. The first-order valence-electron chi connectivity index (χ1n) is 6.14. The van der Waals surface area contributed by atoms with Crippen LogP contribution in [0, 0.1) is 0 Å². The molecule has 0 amide bonds. The van der Waals surface area contributed by atoms with E-state index in [2.05, 4.69) is 10.0 Å². The summed E-state index contributed by atoms with van der Waals surface area (Å²) in [7, 11) is 0. The summed E-state index contributed by atoms with van der Waals surface area (Å²) in [6, 6.07) is 9.58. The first kappa shape index (κ1) is 15.5. The Hall–Kier alpha value is -2.52. The van der Waals surface area contributed by atoms with Gasteiger partial charge in [-0.05, 0) is 37.9 Å². The number of rotatable bonds is 4. The van der Waals surface area contributed by atoms with Crippen LogP contribution in [0.25, 0.3) is 16.5 Å². The molecule has 0 atom stereocenters. The van der Waals surface area contributed by atoms with Gasteiger partial charge in [0.05, 0.1) is 0 Å². The number of hydrogen-bond acceptors (Lipinski definition) is 3. The summed E-state index contributed by atoms with van der Waals surface area (Å²) >= 11 is 0. The Morgan fingerprint density at radius 1 is 1.30 bits per heavy atom. The molecule has 0 bridgehead atoms. The number of azide groups is 1. The van der Waals surface area contributed by atoms with Crippen molar-refractivity contribution in [2.24, 2.45) is 5.11 Å². The summed E-state index contributed by atoms with van der Waals surface area (Å²) in [5, 5.41) is 3.36. The molecule has 20 heavy (non-hydrogen) atoms. The Kier molecular flexibility index (Phi) is 5.56.